The van der Waals surface area contributed by atoms with E-state index in [-0.39, 0.29) is 12.1 Å². The van der Waals surface area contributed by atoms with Crippen LogP contribution in [0.25, 0.3) is 0 Å². The van der Waals surface area contributed by atoms with Crippen molar-refractivity contribution in [3.05, 3.63) is 0 Å². The quantitative estimate of drug-likeness (QED) is 0.633. The molecule has 1 N–H and O–H groups in total. The van der Waals surface area contributed by atoms with E-state index in [1.54, 1.807) is 0 Å². The first kappa shape index (κ1) is 24.3. The lowest BCUT2D eigenvalue weighted by molar-refractivity contribution is 0.192. The van der Waals surface area contributed by atoms with Gasteiger partial charge in [-0.15, -0.1) is 0 Å². The largest absolute Gasteiger partial charge is 0.336 e. The fourth-order valence-corrected chi connectivity index (χ4v) is 1.42. The van der Waals surface area contributed by atoms with Crippen LogP contribution in [0.1, 0.15) is 87.5 Å². The van der Waals surface area contributed by atoms with Gasteiger partial charge in [0.25, 0.3) is 0 Å². The summed E-state index contributed by atoms with van der Waals surface area (Å²) in [5.74, 6) is 0. The molecule has 0 saturated heterocycles. The Morgan fingerprint density at radius 2 is 1.35 bits per heavy atom. The molecule has 0 radical (unpaired) electrons. The number of rotatable bonds is 8. The molecule has 3 heteroatoms. The van der Waals surface area contributed by atoms with Crippen molar-refractivity contribution in [2.75, 3.05) is 13.1 Å². The molecule has 0 spiro atoms. The van der Waals surface area contributed by atoms with Gasteiger partial charge in [-0.1, -0.05) is 61.3 Å². The molecule has 0 aromatic rings. The van der Waals surface area contributed by atoms with E-state index in [1.165, 1.54) is 0 Å². The van der Waals surface area contributed by atoms with E-state index >= 15 is 0 Å². The molecule has 20 heavy (non-hydrogen) atoms. The van der Waals surface area contributed by atoms with Crippen LogP contribution in [0.4, 0.5) is 4.79 Å². The highest BCUT2D eigenvalue weighted by molar-refractivity contribution is 5.74. The van der Waals surface area contributed by atoms with Gasteiger partial charge < -0.3 is 10.2 Å². The number of carbonyl (C=O) groups is 1. The third-order valence-electron chi connectivity index (χ3n) is 2.83. The zero-order chi connectivity index (χ0) is 16.4. The molecule has 124 valence electrons. The van der Waals surface area contributed by atoms with Crippen LogP contribution in [0.3, 0.4) is 0 Å². The molecule has 1 atom stereocenters. The Morgan fingerprint density at radius 1 is 0.950 bits per heavy atom. The summed E-state index contributed by atoms with van der Waals surface area (Å²) in [6.45, 7) is 18.2. The molecule has 0 heterocycles. The molecule has 0 aliphatic rings. The molecule has 0 saturated carbocycles. The first-order valence-corrected chi connectivity index (χ1v) is 8.71. The molecule has 1 unspecified atom stereocenters. The number of amides is 2. The maximum absolute atomic E-state index is 11.9. The summed E-state index contributed by atoms with van der Waals surface area (Å²) >= 11 is 0. The standard InChI is InChI=1S/C13H28N2O.2C2H6/c1-5-8-10-15(11-9-6-2)13(16)14-12(4)7-3;2*1-2/h12H,5-11H2,1-4H3,(H,14,16);2*1-2H3. The van der Waals surface area contributed by atoms with Crippen LogP contribution in [0, 0.1) is 0 Å². The summed E-state index contributed by atoms with van der Waals surface area (Å²) < 4.78 is 0. The smallest absolute Gasteiger partial charge is 0.317 e. The first-order valence-electron chi connectivity index (χ1n) is 8.71. The average Bonchev–Trinajstić information content (AvgIpc) is 2.51. The Bertz CT molecular complexity index is 176. The van der Waals surface area contributed by atoms with E-state index < -0.39 is 0 Å². The molecule has 0 rings (SSSR count). The van der Waals surface area contributed by atoms with E-state index in [1.807, 2.05) is 32.6 Å². The van der Waals surface area contributed by atoms with E-state index in [0.29, 0.717) is 0 Å². The fraction of sp³-hybridized carbons (Fsp3) is 0.941. The summed E-state index contributed by atoms with van der Waals surface area (Å²) in [5.41, 5.74) is 0. The minimum Gasteiger partial charge on any atom is -0.336 e. The minimum absolute atomic E-state index is 0.108. The first-order chi connectivity index (χ1) is 9.65. The third kappa shape index (κ3) is 15.3. The second-order valence-electron chi connectivity index (χ2n) is 4.45. The molecule has 0 bridgehead atoms. The van der Waals surface area contributed by atoms with Crippen LogP contribution < -0.4 is 5.32 Å². The van der Waals surface area contributed by atoms with Crippen LogP contribution in [-0.4, -0.2) is 30.1 Å². The van der Waals surface area contributed by atoms with Gasteiger partial charge in [-0.05, 0) is 26.2 Å². The molecule has 0 aliphatic heterocycles. The Labute approximate surface area is 128 Å². The zero-order valence-corrected chi connectivity index (χ0v) is 15.4. The lowest BCUT2D eigenvalue weighted by Crippen LogP contribution is -2.44. The molecular formula is C17H40N2O. The molecule has 3 nitrogen and oxygen atoms in total. The van der Waals surface area contributed by atoms with Gasteiger partial charge in [0.2, 0.25) is 0 Å². The molecule has 0 fully saturated rings. The van der Waals surface area contributed by atoms with E-state index in [4.69, 9.17) is 0 Å². The van der Waals surface area contributed by atoms with Crippen LogP contribution >= 0.6 is 0 Å². The second-order valence-corrected chi connectivity index (χ2v) is 4.45. The van der Waals surface area contributed by atoms with Gasteiger partial charge in [0.15, 0.2) is 0 Å². The van der Waals surface area contributed by atoms with Gasteiger partial charge in [0.05, 0.1) is 0 Å². The van der Waals surface area contributed by atoms with Gasteiger partial charge in [-0.25, -0.2) is 4.79 Å². The molecule has 0 aliphatic carbocycles. The van der Waals surface area contributed by atoms with Crippen molar-refractivity contribution in [2.45, 2.75) is 93.5 Å². The van der Waals surface area contributed by atoms with Crippen LogP contribution in [0.5, 0.6) is 0 Å². The van der Waals surface area contributed by atoms with Crippen molar-refractivity contribution < 1.29 is 4.79 Å². The van der Waals surface area contributed by atoms with Crippen LogP contribution in [-0.2, 0) is 0 Å². The van der Waals surface area contributed by atoms with Crippen molar-refractivity contribution in [1.29, 1.82) is 0 Å². The Kier molecular flexibility index (Phi) is 25.0. The summed E-state index contributed by atoms with van der Waals surface area (Å²) in [6.07, 6.45) is 5.45. The number of urea groups is 1. The van der Waals surface area contributed by atoms with Crippen molar-refractivity contribution in [1.82, 2.24) is 10.2 Å². The Hall–Kier alpha value is -0.730. The summed E-state index contributed by atoms with van der Waals surface area (Å²) in [5, 5.41) is 3.03. The van der Waals surface area contributed by atoms with Gasteiger partial charge in [-0.2, -0.15) is 0 Å². The van der Waals surface area contributed by atoms with Gasteiger partial charge in [0, 0.05) is 19.1 Å². The predicted molar refractivity (Wildman–Crippen MR) is 92.4 cm³/mol. The average molecular weight is 289 g/mol. The molecular weight excluding hydrogens is 248 g/mol. The normalized spacial score (nSPS) is 10.4. The number of hydrogen-bond donors (Lipinski definition) is 1. The van der Waals surface area contributed by atoms with Crippen LogP contribution in [0.2, 0.25) is 0 Å². The highest BCUT2D eigenvalue weighted by atomic mass is 16.2. The summed E-state index contributed by atoms with van der Waals surface area (Å²) in [4.78, 5) is 13.9. The highest BCUT2D eigenvalue weighted by Crippen LogP contribution is 2.01. The zero-order valence-electron chi connectivity index (χ0n) is 15.4. The van der Waals surface area contributed by atoms with E-state index in [2.05, 4.69) is 33.0 Å². The molecule has 0 aromatic carbocycles. The van der Waals surface area contributed by atoms with Gasteiger partial charge in [0.1, 0.15) is 0 Å². The topological polar surface area (TPSA) is 32.3 Å². The lowest BCUT2D eigenvalue weighted by Gasteiger charge is -2.24. The highest BCUT2D eigenvalue weighted by Gasteiger charge is 2.13. The maximum Gasteiger partial charge on any atom is 0.317 e. The monoisotopic (exact) mass is 288 g/mol. The number of nitrogens with one attached hydrogen (secondary N) is 1. The minimum atomic E-state index is 0.108. The van der Waals surface area contributed by atoms with Crippen molar-refractivity contribution in [3.63, 3.8) is 0 Å². The predicted octanol–water partition coefficient (Wildman–Crippen LogP) is 5.45. The number of nitrogens with zero attached hydrogens (tertiary/aromatic N) is 1. The number of hydrogen-bond acceptors (Lipinski definition) is 1. The van der Waals surface area contributed by atoms with Gasteiger partial charge in [-0.3, -0.25) is 0 Å². The Balaban J connectivity index is -0.000000656. The fourth-order valence-electron chi connectivity index (χ4n) is 1.42. The van der Waals surface area contributed by atoms with Crippen molar-refractivity contribution in [3.8, 4) is 0 Å². The number of unbranched alkanes of at least 4 members (excludes halogenated alkanes) is 2. The van der Waals surface area contributed by atoms with Crippen molar-refractivity contribution in [2.24, 2.45) is 0 Å². The molecule has 0 aromatic heterocycles. The summed E-state index contributed by atoms with van der Waals surface area (Å²) in [7, 11) is 0. The van der Waals surface area contributed by atoms with Gasteiger partial charge >= 0.3 is 6.03 Å². The number of carbonyl (C=O) groups excluding carboxylic acids is 1. The SMILES string of the molecule is CC.CC.CCCCN(CCCC)C(=O)NC(C)CC. The third-order valence-corrected chi connectivity index (χ3v) is 2.83. The van der Waals surface area contributed by atoms with Crippen LogP contribution in [0.15, 0.2) is 0 Å². The lowest BCUT2D eigenvalue weighted by atomic mass is 10.2. The maximum atomic E-state index is 11.9. The van der Waals surface area contributed by atoms with E-state index in [9.17, 15) is 4.79 Å². The van der Waals surface area contributed by atoms with Crippen molar-refractivity contribution >= 4 is 6.03 Å². The Morgan fingerprint density at radius 3 is 1.65 bits per heavy atom. The molecule has 2 amide bonds. The summed E-state index contributed by atoms with van der Waals surface area (Å²) in [6, 6.07) is 0.384. The van der Waals surface area contributed by atoms with E-state index in [0.717, 1.165) is 45.2 Å². The second kappa shape index (κ2) is 20.6.